The molecule has 1 aliphatic rings. The summed E-state index contributed by atoms with van der Waals surface area (Å²) in [5.74, 6) is -0.406. The Hall–Kier alpha value is -4.29. The van der Waals surface area contributed by atoms with Crippen LogP contribution >= 0.6 is 15.9 Å². The van der Waals surface area contributed by atoms with E-state index in [1.807, 2.05) is 30.3 Å². The lowest BCUT2D eigenvalue weighted by Gasteiger charge is -2.36. The van der Waals surface area contributed by atoms with Gasteiger partial charge in [-0.25, -0.2) is 4.79 Å². The molecule has 0 unspecified atom stereocenters. The molecule has 3 aromatic rings. The SMILES string of the molecule is COc1cc(/C=C(/C#N)C(=O)N2CCN(c3ccccc3)CC2)c(Br)cc1OCc1ccc(C(=O)O)cc1. The summed E-state index contributed by atoms with van der Waals surface area (Å²) in [4.78, 5) is 28.1. The molecule has 38 heavy (non-hydrogen) atoms. The number of benzene rings is 3. The Morgan fingerprint density at radius 2 is 1.71 bits per heavy atom. The molecule has 0 aromatic heterocycles. The number of carboxylic acid groups (broad SMARTS) is 1. The summed E-state index contributed by atoms with van der Waals surface area (Å²) in [5.41, 5.74) is 2.75. The fraction of sp³-hybridized carbons (Fsp3) is 0.207. The Morgan fingerprint density at radius 3 is 2.32 bits per heavy atom. The molecule has 0 aliphatic carbocycles. The number of amides is 1. The summed E-state index contributed by atoms with van der Waals surface area (Å²) in [6.07, 6.45) is 1.55. The quantitative estimate of drug-likeness (QED) is 0.298. The number of carboxylic acids is 1. The summed E-state index contributed by atoms with van der Waals surface area (Å²) in [7, 11) is 1.51. The zero-order valence-corrected chi connectivity index (χ0v) is 22.3. The van der Waals surface area contributed by atoms with E-state index in [2.05, 4.69) is 26.9 Å². The van der Waals surface area contributed by atoms with Crippen LogP contribution in [0.2, 0.25) is 0 Å². The molecule has 1 aliphatic heterocycles. The molecule has 3 aromatic carbocycles. The first kappa shape index (κ1) is 26.8. The number of carbonyl (C=O) groups excluding carboxylic acids is 1. The number of hydrogen-bond donors (Lipinski definition) is 1. The maximum Gasteiger partial charge on any atom is 0.335 e. The van der Waals surface area contributed by atoms with Gasteiger partial charge in [0.2, 0.25) is 0 Å². The van der Waals surface area contributed by atoms with Crippen molar-refractivity contribution in [2.75, 3.05) is 38.2 Å². The largest absolute Gasteiger partial charge is 0.493 e. The van der Waals surface area contributed by atoms with Gasteiger partial charge in [-0.3, -0.25) is 4.79 Å². The van der Waals surface area contributed by atoms with E-state index in [0.717, 1.165) is 11.3 Å². The number of nitrogens with zero attached hydrogens (tertiary/aromatic N) is 3. The molecular weight excluding hydrogens is 550 g/mol. The molecule has 1 N–H and O–H groups in total. The third-order valence-electron chi connectivity index (χ3n) is 6.22. The number of ether oxygens (including phenoxy) is 2. The van der Waals surface area contributed by atoms with Gasteiger partial charge in [-0.2, -0.15) is 5.26 Å². The number of anilines is 1. The van der Waals surface area contributed by atoms with Gasteiger partial charge >= 0.3 is 5.97 Å². The summed E-state index contributed by atoms with van der Waals surface area (Å²) in [5, 5.41) is 18.8. The highest BCUT2D eigenvalue weighted by molar-refractivity contribution is 9.10. The van der Waals surface area contributed by atoms with Gasteiger partial charge in [-0.05, 0) is 53.6 Å². The number of para-hydroxylation sites is 1. The summed E-state index contributed by atoms with van der Waals surface area (Å²) < 4.78 is 12.0. The van der Waals surface area contributed by atoms with Crippen LogP contribution in [0.15, 0.2) is 76.8 Å². The average Bonchev–Trinajstić information content (AvgIpc) is 2.96. The molecule has 8 nitrogen and oxygen atoms in total. The van der Waals surface area contributed by atoms with E-state index < -0.39 is 5.97 Å². The van der Waals surface area contributed by atoms with Gasteiger partial charge in [0, 0.05) is 36.3 Å². The molecule has 0 radical (unpaired) electrons. The molecule has 4 rings (SSSR count). The fourth-order valence-corrected chi connectivity index (χ4v) is 4.55. The predicted molar refractivity (Wildman–Crippen MR) is 147 cm³/mol. The molecule has 1 saturated heterocycles. The lowest BCUT2D eigenvalue weighted by atomic mass is 10.1. The summed E-state index contributed by atoms with van der Waals surface area (Å²) in [6.45, 7) is 2.64. The van der Waals surface area contributed by atoms with Crippen molar-refractivity contribution in [2.24, 2.45) is 0 Å². The Labute approximate surface area is 229 Å². The van der Waals surface area contributed by atoms with Crippen LogP contribution < -0.4 is 14.4 Å². The molecule has 0 bridgehead atoms. The van der Waals surface area contributed by atoms with E-state index >= 15 is 0 Å². The van der Waals surface area contributed by atoms with Crippen molar-refractivity contribution in [3.63, 3.8) is 0 Å². The van der Waals surface area contributed by atoms with Crippen LogP contribution in [0.25, 0.3) is 6.08 Å². The van der Waals surface area contributed by atoms with Crippen molar-refractivity contribution < 1.29 is 24.2 Å². The predicted octanol–water partition coefficient (Wildman–Crippen LogP) is 4.99. The van der Waals surface area contributed by atoms with Crippen LogP contribution in [-0.4, -0.2) is 55.2 Å². The minimum atomic E-state index is -0.989. The molecular formula is C29H26BrN3O5. The lowest BCUT2D eigenvalue weighted by molar-refractivity contribution is -0.126. The van der Waals surface area contributed by atoms with E-state index in [1.54, 1.807) is 35.2 Å². The zero-order chi connectivity index (χ0) is 27.1. The van der Waals surface area contributed by atoms with Crippen molar-refractivity contribution >= 4 is 39.6 Å². The molecule has 0 spiro atoms. The molecule has 194 valence electrons. The number of aromatic carboxylic acids is 1. The second kappa shape index (κ2) is 12.3. The van der Waals surface area contributed by atoms with Crippen molar-refractivity contribution in [3.8, 4) is 17.6 Å². The van der Waals surface area contributed by atoms with Crippen LogP contribution in [0, 0.1) is 11.3 Å². The number of nitriles is 1. The summed E-state index contributed by atoms with van der Waals surface area (Å²) >= 11 is 3.51. The second-order valence-corrected chi connectivity index (χ2v) is 9.45. The van der Waals surface area contributed by atoms with Crippen molar-refractivity contribution in [1.29, 1.82) is 5.26 Å². The molecule has 1 fully saturated rings. The van der Waals surface area contributed by atoms with Crippen molar-refractivity contribution in [1.82, 2.24) is 4.90 Å². The van der Waals surface area contributed by atoms with E-state index in [1.165, 1.54) is 19.2 Å². The van der Waals surface area contributed by atoms with Gasteiger partial charge in [0.05, 0.1) is 12.7 Å². The Bertz CT molecular complexity index is 1380. The Morgan fingerprint density at radius 1 is 1.03 bits per heavy atom. The first-order chi connectivity index (χ1) is 18.4. The van der Waals surface area contributed by atoms with E-state index in [9.17, 15) is 14.9 Å². The van der Waals surface area contributed by atoms with Crippen LogP contribution in [-0.2, 0) is 11.4 Å². The normalized spacial score (nSPS) is 13.6. The summed E-state index contributed by atoms with van der Waals surface area (Å²) in [6, 6.07) is 21.9. The maximum atomic E-state index is 13.1. The van der Waals surface area contributed by atoms with Crippen molar-refractivity contribution in [2.45, 2.75) is 6.61 Å². The van der Waals surface area contributed by atoms with Gasteiger partial charge < -0.3 is 24.4 Å². The minimum absolute atomic E-state index is 0.0353. The highest BCUT2D eigenvalue weighted by atomic mass is 79.9. The highest BCUT2D eigenvalue weighted by Gasteiger charge is 2.24. The van der Waals surface area contributed by atoms with E-state index in [4.69, 9.17) is 14.6 Å². The van der Waals surface area contributed by atoms with E-state index in [0.29, 0.717) is 47.7 Å². The van der Waals surface area contributed by atoms with Gasteiger partial charge in [0.1, 0.15) is 18.2 Å². The van der Waals surface area contributed by atoms with Crippen LogP contribution in [0.5, 0.6) is 11.5 Å². The van der Waals surface area contributed by atoms with Gasteiger partial charge in [0.15, 0.2) is 11.5 Å². The van der Waals surface area contributed by atoms with Crippen LogP contribution in [0.4, 0.5) is 5.69 Å². The first-order valence-corrected chi connectivity index (χ1v) is 12.7. The van der Waals surface area contributed by atoms with Gasteiger partial charge in [-0.15, -0.1) is 0 Å². The molecule has 1 heterocycles. The van der Waals surface area contributed by atoms with E-state index in [-0.39, 0.29) is 23.7 Å². The molecule has 9 heteroatoms. The number of piperazine rings is 1. The van der Waals surface area contributed by atoms with Crippen LogP contribution in [0.3, 0.4) is 0 Å². The third kappa shape index (κ3) is 6.33. The highest BCUT2D eigenvalue weighted by Crippen LogP contribution is 2.35. The molecule has 0 saturated carbocycles. The smallest absolute Gasteiger partial charge is 0.335 e. The molecule has 1 amide bonds. The number of methoxy groups -OCH3 is 1. The minimum Gasteiger partial charge on any atom is -0.493 e. The monoisotopic (exact) mass is 575 g/mol. The number of carbonyl (C=O) groups is 2. The fourth-order valence-electron chi connectivity index (χ4n) is 4.11. The van der Waals surface area contributed by atoms with Gasteiger partial charge in [-0.1, -0.05) is 46.3 Å². The zero-order valence-electron chi connectivity index (χ0n) is 20.8. The molecule has 0 atom stereocenters. The first-order valence-electron chi connectivity index (χ1n) is 11.9. The number of halogens is 1. The average molecular weight is 576 g/mol. The number of rotatable bonds is 8. The van der Waals surface area contributed by atoms with Gasteiger partial charge in [0.25, 0.3) is 5.91 Å². The standard InChI is InChI=1S/C29H26BrN3O5/c1-37-26-16-22(25(30)17-27(26)38-19-20-7-9-21(10-8-20)29(35)36)15-23(18-31)28(34)33-13-11-32(12-14-33)24-5-3-2-4-6-24/h2-10,15-17H,11-14,19H2,1H3,(H,35,36)/b23-15-. The Balaban J connectivity index is 1.45. The third-order valence-corrected chi connectivity index (χ3v) is 6.90. The topological polar surface area (TPSA) is 103 Å². The second-order valence-electron chi connectivity index (χ2n) is 8.60. The Kier molecular flexibility index (Phi) is 8.66. The lowest BCUT2D eigenvalue weighted by Crippen LogP contribution is -2.49. The number of hydrogen-bond acceptors (Lipinski definition) is 6. The van der Waals surface area contributed by atoms with Crippen LogP contribution in [0.1, 0.15) is 21.5 Å². The maximum absolute atomic E-state index is 13.1. The van der Waals surface area contributed by atoms with Crippen molar-refractivity contribution in [3.05, 3.63) is 93.5 Å².